The molecule has 0 unspecified atom stereocenters. The fourth-order valence-corrected chi connectivity index (χ4v) is 2.33. The van der Waals surface area contributed by atoms with Gasteiger partial charge in [0.2, 0.25) is 0 Å². The molecule has 1 amide bonds. The van der Waals surface area contributed by atoms with Gasteiger partial charge in [-0.15, -0.1) is 0 Å². The number of benzene rings is 1. The molecule has 0 radical (unpaired) electrons. The van der Waals surface area contributed by atoms with Crippen molar-refractivity contribution in [3.05, 3.63) is 58.5 Å². The number of aromatic carboxylic acids is 1. The van der Waals surface area contributed by atoms with Crippen LogP contribution in [-0.4, -0.2) is 23.5 Å². The van der Waals surface area contributed by atoms with Crippen molar-refractivity contribution in [3.63, 3.8) is 0 Å². The van der Waals surface area contributed by atoms with Crippen molar-refractivity contribution in [2.75, 3.05) is 6.54 Å². The molecule has 1 aromatic carbocycles. The van der Waals surface area contributed by atoms with Gasteiger partial charge in [0, 0.05) is 19.0 Å². The van der Waals surface area contributed by atoms with Gasteiger partial charge in [0.1, 0.15) is 11.3 Å². The zero-order valence-electron chi connectivity index (χ0n) is 13.4. The maximum atomic E-state index is 12.0. The summed E-state index contributed by atoms with van der Waals surface area (Å²) in [6.07, 6.45) is 2.14. The standard InChI is InChI=1S/C18H21NO4/c1-3-12-5-7-13(8-6-12)9-10-19-17(20)16-11-14(18(21)22)15(4-2)23-16/h5-8,11H,3-4,9-10H2,1-2H3,(H,19,20)(H,21,22). The zero-order chi connectivity index (χ0) is 16.8. The fraction of sp³-hybridized carbons (Fsp3) is 0.333. The average molecular weight is 315 g/mol. The first-order valence-electron chi connectivity index (χ1n) is 7.77. The molecule has 0 bridgehead atoms. The summed E-state index contributed by atoms with van der Waals surface area (Å²) in [5.74, 6) is -1.11. The maximum absolute atomic E-state index is 12.0. The van der Waals surface area contributed by atoms with Crippen LogP contribution in [0, 0.1) is 0 Å². The topological polar surface area (TPSA) is 79.5 Å². The van der Waals surface area contributed by atoms with E-state index in [9.17, 15) is 9.59 Å². The van der Waals surface area contributed by atoms with Crippen LogP contribution in [0.1, 0.15) is 51.6 Å². The molecule has 23 heavy (non-hydrogen) atoms. The van der Waals surface area contributed by atoms with Crippen LogP contribution < -0.4 is 5.32 Å². The molecular weight excluding hydrogens is 294 g/mol. The molecule has 1 heterocycles. The number of carboxylic acids is 1. The van der Waals surface area contributed by atoms with E-state index in [1.54, 1.807) is 6.92 Å². The van der Waals surface area contributed by atoms with Crippen molar-refractivity contribution >= 4 is 11.9 Å². The lowest BCUT2D eigenvalue weighted by molar-refractivity contribution is 0.0694. The molecule has 2 rings (SSSR count). The van der Waals surface area contributed by atoms with E-state index < -0.39 is 11.9 Å². The first kappa shape index (κ1) is 16.8. The molecule has 0 saturated carbocycles. The Hall–Kier alpha value is -2.56. The molecule has 0 aliphatic rings. The number of hydrogen-bond acceptors (Lipinski definition) is 3. The molecule has 0 spiro atoms. The van der Waals surface area contributed by atoms with Crippen molar-refractivity contribution in [1.29, 1.82) is 0 Å². The van der Waals surface area contributed by atoms with Crippen LogP contribution in [-0.2, 0) is 19.3 Å². The van der Waals surface area contributed by atoms with Gasteiger partial charge < -0.3 is 14.8 Å². The number of aryl methyl sites for hydroxylation is 2. The zero-order valence-corrected chi connectivity index (χ0v) is 13.4. The lowest BCUT2D eigenvalue weighted by Crippen LogP contribution is -2.25. The summed E-state index contributed by atoms with van der Waals surface area (Å²) in [5, 5.41) is 11.8. The summed E-state index contributed by atoms with van der Waals surface area (Å²) in [4.78, 5) is 23.1. The SMILES string of the molecule is CCc1ccc(CCNC(=O)c2cc(C(=O)O)c(CC)o2)cc1. The smallest absolute Gasteiger partial charge is 0.339 e. The number of hydrogen-bond donors (Lipinski definition) is 2. The van der Waals surface area contributed by atoms with Crippen molar-refractivity contribution < 1.29 is 19.1 Å². The van der Waals surface area contributed by atoms with E-state index in [0.29, 0.717) is 25.1 Å². The van der Waals surface area contributed by atoms with E-state index in [-0.39, 0.29) is 11.3 Å². The highest BCUT2D eigenvalue weighted by atomic mass is 16.4. The molecule has 0 atom stereocenters. The van der Waals surface area contributed by atoms with E-state index in [0.717, 1.165) is 12.0 Å². The van der Waals surface area contributed by atoms with Crippen LogP contribution >= 0.6 is 0 Å². The Morgan fingerprint density at radius 1 is 1.09 bits per heavy atom. The molecule has 5 heteroatoms. The second-order valence-electron chi connectivity index (χ2n) is 5.28. The summed E-state index contributed by atoms with van der Waals surface area (Å²) in [6, 6.07) is 9.55. The number of carbonyl (C=O) groups excluding carboxylic acids is 1. The highest BCUT2D eigenvalue weighted by molar-refractivity contribution is 5.96. The first-order chi connectivity index (χ1) is 11.0. The van der Waals surface area contributed by atoms with Crippen LogP contribution in [0.2, 0.25) is 0 Å². The molecular formula is C18H21NO4. The lowest BCUT2D eigenvalue weighted by atomic mass is 10.1. The molecule has 2 aromatic rings. The average Bonchev–Trinajstić information content (AvgIpc) is 3.00. The summed E-state index contributed by atoms with van der Waals surface area (Å²) in [7, 11) is 0. The molecule has 0 fully saturated rings. The summed E-state index contributed by atoms with van der Waals surface area (Å²) >= 11 is 0. The van der Waals surface area contributed by atoms with Gasteiger partial charge >= 0.3 is 5.97 Å². The quantitative estimate of drug-likeness (QED) is 0.823. The van der Waals surface area contributed by atoms with E-state index in [2.05, 4.69) is 36.5 Å². The first-order valence-corrected chi connectivity index (χ1v) is 7.77. The van der Waals surface area contributed by atoms with Gasteiger partial charge in [-0.05, 0) is 24.0 Å². The number of carbonyl (C=O) groups is 2. The van der Waals surface area contributed by atoms with Gasteiger partial charge in [0.25, 0.3) is 5.91 Å². The van der Waals surface area contributed by atoms with Gasteiger partial charge in [-0.3, -0.25) is 4.79 Å². The molecule has 122 valence electrons. The minimum atomic E-state index is -1.08. The molecule has 0 saturated heterocycles. The van der Waals surface area contributed by atoms with Crippen molar-refractivity contribution in [3.8, 4) is 0 Å². The number of nitrogens with one attached hydrogen (secondary N) is 1. The Bertz CT molecular complexity index is 686. The molecule has 0 aliphatic carbocycles. The maximum Gasteiger partial charge on any atom is 0.339 e. The molecule has 0 aliphatic heterocycles. The Morgan fingerprint density at radius 3 is 2.26 bits per heavy atom. The summed E-state index contributed by atoms with van der Waals surface area (Å²) in [5.41, 5.74) is 2.47. The second kappa shape index (κ2) is 7.63. The summed E-state index contributed by atoms with van der Waals surface area (Å²) in [6.45, 7) is 4.36. The Kier molecular flexibility index (Phi) is 5.57. The number of furan rings is 1. The van der Waals surface area contributed by atoms with Crippen molar-refractivity contribution in [2.24, 2.45) is 0 Å². The van der Waals surface area contributed by atoms with E-state index in [1.807, 2.05) is 0 Å². The highest BCUT2D eigenvalue weighted by Gasteiger charge is 2.19. The van der Waals surface area contributed by atoms with Crippen LogP contribution in [0.5, 0.6) is 0 Å². The Balaban J connectivity index is 1.92. The van der Waals surface area contributed by atoms with Gasteiger partial charge in [0.15, 0.2) is 5.76 Å². The van der Waals surface area contributed by atoms with Crippen LogP contribution in [0.15, 0.2) is 34.7 Å². The summed E-state index contributed by atoms with van der Waals surface area (Å²) < 4.78 is 5.33. The predicted molar refractivity (Wildman–Crippen MR) is 86.9 cm³/mol. The predicted octanol–water partition coefficient (Wildman–Crippen LogP) is 3.08. The number of rotatable bonds is 7. The number of amides is 1. The van der Waals surface area contributed by atoms with Gasteiger partial charge in [-0.1, -0.05) is 38.1 Å². The fourth-order valence-electron chi connectivity index (χ4n) is 2.33. The third kappa shape index (κ3) is 4.22. The third-order valence-electron chi connectivity index (χ3n) is 3.71. The highest BCUT2D eigenvalue weighted by Crippen LogP contribution is 2.16. The monoisotopic (exact) mass is 315 g/mol. The number of carboxylic acid groups (broad SMARTS) is 1. The van der Waals surface area contributed by atoms with Crippen LogP contribution in [0.3, 0.4) is 0 Å². The van der Waals surface area contributed by atoms with Crippen LogP contribution in [0.4, 0.5) is 0 Å². The van der Waals surface area contributed by atoms with Crippen LogP contribution in [0.25, 0.3) is 0 Å². The lowest BCUT2D eigenvalue weighted by Gasteiger charge is -2.04. The molecule has 1 aromatic heterocycles. The van der Waals surface area contributed by atoms with Crippen molar-refractivity contribution in [2.45, 2.75) is 33.1 Å². The Labute approximate surface area is 135 Å². The largest absolute Gasteiger partial charge is 0.478 e. The molecule has 5 nitrogen and oxygen atoms in total. The van der Waals surface area contributed by atoms with E-state index in [4.69, 9.17) is 9.52 Å². The Morgan fingerprint density at radius 2 is 1.74 bits per heavy atom. The minimum Gasteiger partial charge on any atom is -0.478 e. The second-order valence-corrected chi connectivity index (χ2v) is 5.28. The van der Waals surface area contributed by atoms with Gasteiger partial charge in [0.05, 0.1) is 0 Å². The van der Waals surface area contributed by atoms with E-state index in [1.165, 1.54) is 11.6 Å². The third-order valence-corrected chi connectivity index (χ3v) is 3.71. The molecule has 2 N–H and O–H groups in total. The minimum absolute atomic E-state index is 0.0422. The normalized spacial score (nSPS) is 10.5. The van der Waals surface area contributed by atoms with Crippen molar-refractivity contribution in [1.82, 2.24) is 5.32 Å². The van der Waals surface area contributed by atoms with Gasteiger partial charge in [-0.2, -0.15) is 0 Å². The van der Waals surface area contributed by atoms with Gasteiger partial charge in [-0.25, -0.2) is 4.79 Å². The van der Waals surface area contributed by atoms with E-state index >= 15 is 0 Å².